The highest BCUT2D eigenvalue weighted by molar-refractivity contribution is 5.73. The molecular formula is C17H22F2N4O3. The highest BCUT2D eigenvalue weighted by Gasteiger charge is 2.13. The van der Waals surface area contributed by atoms with Gasteiger partial charge >= 0.3 is 12.6 Å². The third-order valence-electron chi connectivity index (χ3n) is 3.61. The number of aryl methyl sites for hydroxylation is 1. The summed E-state index contributed by atoms with van der Waals surface area (Å²) in [6.07, 6.45) is 4.33. The van der Waals surface area contributed by atoms with Crippen LogP contribution in [0.15, 0.2) is 36.7 Å². The van der Waals surface area contributed by atoms with E-state index in [9.17, 15) is 13.6 Å². The minimum atomic E-state index is -2.93. The standard InChI is InChI=1S/C17H22F2N4O3/c1-22(17(24)20-7-3-9-23-10-4-8-21-23)12-13-5-6-14(26-16(18)19)15(11-13)25-2/h4-6,8,10-11,16H,3,7,9,12H2,1-2H3,(H,20,24). The van der Waals surface area contributed by atoms with Crippen LogP contribution in [0.1, 0.15) is 12.0 Å². The second-order valence-corrected chi connectivity index (χ2v) is 5.57. The van der Waals surface area contributed by atoms with Crippen molar-refractivity contribution in [3.05, 3.63) is 42.2 Å². The number of rotatable bonds is 9. The lowest BCUT2D eigenvalue weighted by atomic mass is 10.2. The molecule has 1 aromatic carbocycles. The van der Waals surface area contributed by atoms with Crippen molar-refractivity contribution in [3.63, 3.8) is 0 Å². The minimum absolute atomic E-state index is 0.0445. The summed E-state index contributed by atoms with van der Waals surface area (Å²) in [5.41, 5.74) is 0.734. The van der Waals surface area contributed by atoms with Gasteiger partial charge < -0.3 is 19.7 Å². The van der Waals surface area contributed by atoms with E-state index in [4.69, 9.17) is 4.74 Å². The van der Waals surface area contributed by atoms with E-state index in [2.05, 4.69) is 15.2 Å². The van der Waals surface area contributed by atoms with Crippen molar-refractivity contribution in [1.29, 1.82) is 0 Å². The Kier molecular flexibility index (Phi) is 7.19. The molecule has 0 aliphatic carbocycles. The molecule has 0 fully saturated rings. The van der Waals surface area contributed by atoms with Crippen LogP contribution in [0.3, 0.4) is 0 Å². The molecule has 1 aromatic heterocycles. The van der Waals surface area contributed by atoms with Gasteiger partial charge in [0, 0.05) is 39.1 Å². The van der Waals surface area contributed by atoms with Gasteiger partial charge in [0.1, 0.15) is 0 Å². The van der Waals surface area contributed by atoms with Crippen LogP contribution in [0.2, 0.25) is 0 Å². The minimum Gasteiger partial charge on any atom is -0.493 e. The van der Waals surface area contributed by atoms with Crippen LogP contribution in [0.25, 0.3) is 0 Å². The molecule has 0 unspecified atom stereocenters. The number of benzene rings is 1. The molecule has 26 heavy (non-hydrogen) atoms. The number of hydrogen-bond acceptors (Lipinski definition) is 4. The molecule has 1 heterocycles. The number of nitrogens with zero attached hydrogens (tertiary/aromatic N) is 3. The first kappa shape index (κ1) is 19.5. The van der Waals surface area contributed by atoms with E-state index < -0.39 is 6.61 Å². The second-order valence-electron chi connectivity index (χ2n) is 5.57. The number of halogens is 2. The Morgan fingerprint density at radius 1 is 1.38 bits per heavy atom. The molecule has 0 atom stereocenters. The topological polar surface area (TPSA) is 68.6 Å². The van der Waals surface area contributed by atoms with Crippen molar-refractivity contribution in [3.8, 4) is 11.5 Å². The monoisotopic (exact) mass is 368 g/mol. The quantitative estimate of drug-likeness (QED) is 0.691. The van der Waals surface area contributed by atoms with E-state index in [0.29, 0.717) is 13.1 Å². The summed E-state index contributed by atoms with van der Waals surface area (Å²) < 4.78 is 35.9. The van der Waals surface area contributed by atoms with Gasteiger partial charge in [-0.2, -0.15) is 13.9 Å². The first-order valence-electron chi connectivity index (χ1n) is 8.07. The number of urea groups is 1. The van der Waals surface area contributed by atoms with Crippen molar-refractivity contribution in [2.45, 2.75) is 26.1 Å². The number of ether oxygens (including phenoxy) is 2. The number of alkyl halides is 2. The van der Waals surface area contributed by atoms with Gasteiger partial charge in [-0.25, -0.2) is 4.79 Å². The maximum Gasteiger partial charge on any atom is 0.387 e. The van der Waals surface area contributed by atoms with E-state index in [1.807, 2.05) is 12.3 Å². The highest BCUT2D eigenvalue weighted by Crippen LogP contribution is 2.29. The normalized spacial score (nSPS) is 10.7. The SMILES string of the molecule is COc1cc(CN(C)C(=O)NCCCn2cccn2)ccc1OC(F)F. The molecule has 142 valence electrons. The molecule has 0 radical (unpaired) electrons. The van der Waals surface area contributed by atoms with Gasteiger partial charge in [0.15, 0.2) is 11.5 Å². The van der Waals surface area contributed by atoms with Crippen molar-refractivity contribution in [1.82, 2.24) is 20.0 Å². The molecule has 2 amide bonds. The maximum atomic E-state index is 12.3. The van der Waals surface area contributed by atoms with Crippen molar-refractivity contribution in [2.75, 3.05) is 20.7 Å². The van der Waals surface area contributed by atoms with Crippen molar-refractivity contribution in [2.24, 2.45) is 0 Å². The summed E-state index contributed by atoms with van der Waals surface area (Å²) in [7, 11) is 3.02. The van der Waals surface area contributed by atoms with Crippen LogP contribution >= 0.6 is 0 Å². The summed E-state index contributed by atoms with van der Waals surface area (Å²) in [6.45, 7) is -1.38. The molecule has 7 nitrogen and oxygen atoms in total. The summed E-state index contributed by atoms with van der Waals surface area (Å²) in [4.78, 5) is 13.6. The Labute approximate surface area is 150 Å². The fraction of sp³-hybridized carbons (Fsp3) is 0.412. The maximum absolute atomic E-state index is 12.3. The van der Waals surface area contributed by atoms with E-state index in [1.54, 1.807) is 30.1 Å². The molecule has 0 aliphatic rings. The van der Waals surface area contributed by atoms with Crippen molar-refractivity contribution < 1.29 is 23.0 Å². The summed E-state index contributed by atoms with van der Waals surface area (Å²) in [5, 5.41) is 6.91. The number of aromatic nitrogens is 2. The van der Waals surface area contributed by atoms with Crippen molar-refractivity contribution >= 4 is 6.03 Å². The number of hydrogen-bond donors (Lipinski definition) is 1. The molecule has 0 saturated heterocycles. The number of nitrogens with one attached hydrogen (secondary N) is 1. The number of carbonyl (C=O) groups excluding carboxylic acids is 1. The van der Waals surface area contributed by atoms with Crippen LogP contribution in [0.4, 0.5) is 13.6 Å². The molecule has 0 spiro atoms. The third-order valence-corrected chi connectivity index (χ3v) is 3.61. The zero-order valence-corrected chi connectivity index (χ0v) is 14.7. The van der Waals surface area contributed by atoms with Crippen LogP contribution in [-0.4, -0.2) is 48.0 Å². The Bertz CT molecular complexity index is 695. The van der Waals surface area contributed by atoms with Crippen LogP contribution in [-0.2, 0) is 13.1 Å². The summed E-state index contributed by atoms with van der Waals surface area (Å²) in [6, 6.07) is 6.20. The van der Waals surface area contributed by atoms with Gasteiger partial charge in [0.25, 0.3) is 0 Å². The molecule has 9 heteroatoms. The second kappa shape index (κ2) is 9.59. The molecule has 1 N–H and O–H groups in total. The number of carbonyl (C=O) groups is 1. The molecule has 0 saturated carbocycles. The Hall–Kier alpha value is -2.84. The first-order chi connectivity index (χ1) is 12.5. The van der Waals surface area contributed by atoms with Gasteiger partial charge in [0.2, 0.25) is 0 Å². The molecule has 0 bridgehead atoms. The summed E-state index contributed by atoms with van der Waals surface area (Å²) >= 11 is 0. The van der Waals surface area contributed by atoms with E-state index in [1.165, 1.54) is 18.1 Å². The predicted molar refractivity (Wildman–Crippen MR) is 91.3 cm³/mol. The lowest BCUT2D eigenvalue weighted by molar-refractivity contribution is -0.0512. The first-order valence-corrected chi connectivity index (χ1v) is 8.07. The van der Waals surface area contributed by atoms with Gasteiger partial charge in [-0.1, -0.05) is 6.07 Å². The lowest BCUT2D eigenvalue weighted by Crippen LogP contribution is -2.37. The average Bonchev–Trinajstić information content (AvgIpc) is 3.12. The van der Waals surface area contributed by atoms with Crippen LogP contribution < -0.4 is 14.8 Å². The smallest absolute Gasteiger partial charge is 0.387 e. The van der Waals surface area contributed by atoms with Gasteiger partial charge in [0.05, 0.1) is 7.11 Å². The predicted octanol–water partition coefficient (Wildman–Crippen LogP) is 2.72. The Balaban J connectivity index is 1.81. The largest absolute Gasteiger partial charge is 0.493 e. The third kappa shape index (κ3) is 5.91. The average molecular weight is 368 g/mol. The lowest BCUT2D eigenvalue weighted by Gasteiger charge is -2.19. The van der Waals surface area contributed by atoms with E-state index in [0.717, 1.165) is 18.5 Å². The fourth-order valence-electron chi connectivity index (χ4n) is 2.35. The van der Waals surface area contributed by atoms with Gasteiger partial charge in [-0.05, 0) is 30.2 Å². The number of amides is 2. The summed E-state index contributed by atoms with van der Waals surface area (Å²) in [5.74, 6) is 0.146. The Morgan fingerprint density at radius 3 is 2.85 bits per heavy atom. The zero-order chi connectivity index (χ0) is 18.9. The zero-order valence-electron chi connectivity index (χ0n) is 14.7. The van der Waals surface area contributed by atoms with E-state index >= 15 is 0 Å². The Morgan fingerprint density at radius 2 is 2.19 bits per heavy atom. The van der Waals surface area contributed by atoms with E-state index in [-0.39, 0.29) is 17.5 Å². The van der Waals surface area contributed by atoms with Gasteiger partial charge in [-0.15, -0.1) is 0 Å². The highest BCUT2D eigenvalue weighted by atomic mass is 19.3. The molecular weight excluding hydrogens is 346 g/mol. The molecule has 2 rings (SSSR count). The van der Waals surface area contributed by atoms with Gasteiger partial charge in [-0.3, -0.25) is 4.68 Å². The van der Waals surface area contributed by atoms with Crippen LogP contribution in [0.5, 0.6) is 11.5 Å². The molecule has 0 aliphatic heterocycles. The molecule has 2 aromatic rings. The van der Waals surface area contributed by atoms with Crippen LogP contribution in [0, 0.1) is 0 Å². The number of methoxy groups -OCH3 is 1. The fourth-order valence-corrected chi connectivity index (χ4v) is 2.35.